The second-order valence-electron chi connectivity index (χ2n) is 5.10. The number of benzene rings is 2. The predicted molar refractivity (Wildman–Crippen MR) is 83.2 cm³/mol. The zero-order valence-corrected chi connectivity index (χ0v) is 13.8. The number of rotatable bonds is 6. The van der Waals surface area contributed by atoms with E-state index in [1.165, 1.54) is 0 Å². The van der Waals surface area contributed by atoms with Crippen molar-refractivity contribution >= 4 is 15.7 Å². The van der Waals surface area contributed by atoms with Crippen molar-refractivity contribution in [1.29, 1.82) is 0 Å². The maximum Gasteiger partial charge on any atom is 0.418 e. The number of nitrogens with two attached hydrogens (primary N) is 1. The first kappa shape index (κ1) is 19.9. The maximum absolute atomic E-state index is 13.4. The number of anilines is 1. The number of halogens is 5. The van der Waals surface area contributed by atoms with Crippen LogP contribution in [-0.4, -0.2) is 21.6 Å². The quantitative estimate of drug-likeness (QED) is 0.581. The molecular weight excluding hydrogens is 383 g/mol. The molecule has 0 aromatic heterocycles. The summed E-state index contributed by atoms with van der Waals surface area (Å²) >= 11 is 0. The van der Waals surface area contributed by atoms with E-state index in [0.717, 1.165) is 24.3 Å². The van der Waals surface area contributed by atoms with Crippen molar-refractivity contribution in [2.45, 2.75) is 11.1 Å². The van der Waals surface area contributed by atoms with Crippen LogP contribution >= 0.6 is 0 Å². The molecule has 0 saturated heterocycles. The Labute approximate surface area is 145 Å². The predicted octanol–water partition coefficient (Wildman–Crippen LogP) is 3.12. The van der Waals surface area contributed by atoms with Crippen molar-refractivity contribution in [2.24, 2.45) is 5.14 Å². The van der Waals surface area contributed by atoms with E-state index in [1.807, 2.05) is 0 Å². The monoisotopic (exact) mass is 396 g/mol. The Morgan fingerprint density at radius 2 is 1.77 bits per heavy atom. The lowest BCUT2D eigenvalue weighted by Crippen LogP contribution is -2.18. The van der Waals surface area contributed by atoms with E-state index in [9.17, 15) is 30.4 Å². The smallest absolute Gasteiger partial charge is 0.418 e. The van der Waals surface area contributed by atoms with Crippen LogP contribution in [0, 0.1) is 11.6 Å². The summed E-state index contributed by atoms with van der Waals surface area (Å²) in [4.78, 5) is -0.681. The number of alkyl halides is 3. The third kappa shape index (κ3) is 5.05. The first-order chi connectivity index (χ1) is 12.0. The van der Waals surface area contributed by atoms with Gasteiger partial charge in [0.05, 0.1) is 10.5 Å². The maximum atomic E-state index is 13.4. The van der Waals surface area contributed by atoms with Crippen molar-refractivity contribution in [2.75, 3.05) is 18.5 Å². The summed E-state index contributed by atoms with van der Waals surface area (Å²) in [6.07, 6.45) is -4.83. The number of ether oxygens (including phenoxy) is 1. The molecule has 0 heterocycles. The summed E-state index contributed by atoms with van der Waals surface area (Å²) < 4.78 is 92.8. The fourth-order valence-corrected chi connectivity index (χ4v) is 2.57. The van der Waals surface area contributed by atoms with Crippen LogP contribution in [0.2, 0.25) is 0 Å². The Morgan fingerprint density at radius 1 is 1.08 bits per heavy atom. The van der Waals surface area contributed by atoms with Gasteiger partial charge in [-0.3, -0.25) is 0 Å². The number of primary sulfonamides is 1. The zero-order valence-electron chi connectivity index (χ0n) is 13.0. The van der Waals surface area contributed by atoms with Gasteiger partial charge in [0.15, 0.2) is 11.6 Å². The molecule has 0 aliphatic rings. The van der Waals surface area contributed by atoms with Gasteiger partial charge >= 0.3 is 6.18 Å². The van der Waals surface area contributed by atoms with Gasteiger partial charge in [-0.15, -0.1) is 0 Å². The highest BCUT2D eigenvalue weighted by molar-refractivity contribution is 7.89. The van der Waals surface area contributed by atoms with E-state index in [4.69, 9.17) is 9.88 Å². The first-order valence-corrected chi connectivity index (χ1v) is 8.59. The van der Waals surface area contributed by atoms with Gasteiger partial charge in [0.1, 0.15) is 12.4 Å². The molecule has 3 N–H and O–H groups in total. The van der Waals surface area contributed by atoms with Gasteiger partial charge < -0.3 is 10.1 Å². The minimum atomic E-state index is -4.83. The number of nitrogens with one attached hydrogen (secondary N) is 1. The number of sulfonamides is 1. The Hall–Kier alpha value is -2.40. The van der Waals surface area contributed by atoms with Crippen molar-refractivity contribution in [3.8, 4) is 5.75 Å². The van der Waals surface area contributed by atoms with Crippen LogP contribution in [0.4, 0.5) is 27.6 Å². The van der Waals surface area contributed by atoms with Crippen molar-refractivity contribution in [1.82, 2.24) is 0 Å². The van der Waals surface area contributed by atoms with Crippen LogP contribution in [-0.2, 0) is 16.2 Å². The van der Waals surface area contributed by atoms with Crippen molar-refractivity contribution in [3.05, 3.63) is 53.6 Å². The minimum Gasteiger partial charge on any atom is -0.489 e. The van der Waals surface area contributed by atoms with Crippen LogP contribution in [0.3, 0.4) is 0 Å². The molecule has 2 aromatic carbocycles. The van der Waals surface area contributed by atoms with E-state index in [0.29, 0.717) is 12.1 Å². The van der Waals surface area contributed by atoms with E-state index < -0.39 is 44.0 Å². The van der Waals surface area contributed by atoms with E-state index >= 15 is 0 Å². The van der Waals surface area contributed by atoms with Gasteiger partial charge in [0.2, 0.25) is 10.0 Å². The zero-order chi connectivity index (χ0) is 19.5. The number of hydrogen-bond donors (Lipinski definition) is 2. The minimum absolute atomic E-state index is 0.158. The molecule has 2 aromatic rings. The topological polar surface area (TPSA) is 81.4 Å². The molecule has 2 rings (SSSR count). The molecule has 0 fully saturated rings. The van der Waals surface area contributed by atoms with E-state index in [-0.39, 0.29) is 18.9 Å². The van der Waals surface area contributed by atoms with Gasteiger partial charge in [-0.2, -0.15) is 13.2 Å². The van der Waals surface area contributed by atoms with Gasteiger partial charge in [0, 0.05) is 18.3 Å². The van der Waals surface area contributed by atoms with Gasteiger partial charge in [-0.05, 0) is 30.3 Å². The molecule has 0 aliphatic heterocycles. The molecule has 0 bridgehead atoms. The lowest BCUT2D eigenvalue weighted by atomic mass is 10.1. The van der Waals surface area contributed by atoms with E-state index in [2.05, 4.69) is 5.32 Å². The van der Waals surface area contributed by atoms with E-state index in [1.54, 1.807) is 0 Å². The van der Waals surface area contributed by atoms with Gasteiger partial charge in [0.25, 0.3) is 0 Å². The molecule has 0 unspecified atom stereocenters. The molecule has 0 atom stereocenters. The molecule has 0 aliphatic carbocycles. The summed E-state index contributed by atoms with van der Waals surface area (Å²) in [6.45, 7) is -0.384. The molecule has 0 radical (unpaired) electrons. The van der Waals surface area contributed by atoms with Crippen molar-refractivity contribution in [3.63, 3.8) is 0 Å². The Balaban J connectivity index is 2.09. The fraction of sp³-hybridized carbons (Fsp3) is 0.200. The lowest BCUT2D eigenvalue weighted by Gasteiger charge is -2.16. The largest absolute Gasteiger partial charge is 0.489 e. The Kier molecular flexibility index (Phi) is 5.71. The number of hydrogen-bond acceptors (Lipinski definition) is 4. The van der Waals surface area contributed by atoms with Crippen LogP contribution in [0.5, 0.6) is 5.75 Å². The van der Waals surface area contributed by atoms with Gasteiger partial charge in [-0.1, -0.05) is 0 Å². The molecule has 26 heavy (non-hydrogen) atoms. The summed E-state index contributed by atoms with van der Waals surface area (Å²) in [5, 5.41) is 7.25. The van der Waals surface area contributed by atoms with Crippen LogP contribution < -0.4 is 15.2 Å². The Bertz CT molecular complexity index is 901. The third-order valence-corrected chi connectivity index (χ3v) is 4.10. The second-order valence-corrected chi connectivity index (χ2v) is 6.66. The molecular formula is C15H13F5N2O3S. The third-order valence-electron chi connectivity index (χ3n) is 3.19. The van der Waals surface area contributed by atoms with Crippen LogP contribution in [0.1, 0.15) is 5.56 Å². The van der Waals surface area contributed by atoms with Crippen LogP contribution in [0.25, 0.3) is 0 Å². The summed E-state index contributed by atoms with van der Waals surface area (Å²) in [5.41, 5.74) is -1.62. The highest BCUT2D eigenvalue weighted by Gasteiger charge is 2.34. The van der Waals surface area contributed by atoms with Gasteiger partial charge in [-0.25, -0.2) is 22.3 Å². The average molecular weight is 396 g/mol. The summed E-state index contributed by atoms with van der Waals surface area (Å²) in [5.74, 6) is -2.00. The molecule has 5 nitrogen and oxygen atoms in total. The highest BCUT2D eigenvalue weighted by atomic mass is 32.2. The van der Waals surface area contributed by atoms with Crippen LogP contribution in [0.15, 0.2) is 41.3 Å². The second kappa shape index (κ2) is 7.46. The summed E-state index contributed by atoms with van der Waals surface area (Å²) in [7, 11) is -4.30. The fourth-order valence-electron chi connectivity index (χ4n) is 2.03. The van der Waals surface area contributed by atoms with Crippen molar-refractivity contribution < 1.29 is 35.1 Å². The molecule has 142 valence electrons. The Morgan fingerprint density at radius 3 is 2.35 bits per heavy atom. The average Bonchev–Trinajstić information content (AvgIpc) is 2.51. The molecule has 11 heteroatoms. The molecule has 0 amide bonds. The standard InChI is InChI=1S/C15H13F5N2O3S/c16-9-1-4-14(12(17)7-9)25-6-5-22-13-3-2-10(26(21,23)24)8-11(13)15(18,19)20/h1-4,7-8,22H,5-6H2,(H2,21,23,24). The molecule has 0 spiro atoms. The summed E-state index contributed by atoms with van der Waals surface area (Å²) in [6, 6.07) is 4.88. The SMILES string of the molecule is NS(=O)(=O)c1ccc(NCCOc2ccc(F)cc2F)c(C(F)(F)F)c1. The normalized spacial score (nSPS) is 12.1. The lowest BCUT2D eigenvalue weighted by molar-refractivity contribution is -0.137. The highest BCUT2D eigenvalue weighted by Crippen LogP contribution is 2.36. The first-order valence-electron chi connectivity index (χ1n) is 7.04. The molecule has 0 saturated carbocycles.